The van der Waals surface area contributed by atoms with Crippen LogP contribution < -0.4 is 0 Å². The van der Waals surface area contributed by atoms with Gasteiger partial charge < -0.3 is 13.5 Å². The van der Waals surface area contributed by atoms with Gasteiger partial charge in [-0.3, -0.25) is 4.57 Å². The van der Waals surface area contributed by atoms with E-state index in [1.807, 2.05) is 26.0 Å². The van der Waals surface area contributed by atoms with E-state index in [4.69, 9.17) is 13.5 Å². The highest BCUT2D eigenvalue weighted by molar-refractivity contribution is 9.10. The molecule has 18 heavy (non-hydrogen) atoms. The van der Waals surface area contributed by atoms with E-state index in [0.717, 1.165) is 27.6 Å². The molecule has 0 saturated carbocycles. The normalized spacial score (nSPS) is 15.3. The maximum absolute atomic E-state index is 12.5. The van der Waals surface area contributed by atoms with Crippen LogP contribution in [0.3, 0.4) is 0 Å². The fourth-order valence-corrected chi connectivity index (χ4v) is 3.94. The predicted molar refractivity (Wildman–Crippen MR) is 74.3 cm³/mol. The Morgan fingerprint density at radius 2 is 2.06 bits per heavy atom. The molecule has 0 aliphatic rings. The number of rotatable bonds is 7. The predicted octanol–water partition coefficient (Wildman–Crippen LogP) is 4.79. The molecule has 2 bridgehead atoms. The molecule has 0 aromatic carbocycles. The number of hydrogen-bond donors (Lipinski definition) is 0. The first-order chi connectivity index (χ1) is 8.58. The first-order valence-corrected chi connectivity index (χ1v) is 8.48. The number of benzene rings is 1. The standard InChI is InChI=1S/C12H16BrO4P/c1-3-5-16-18(14,15-4-2)8-9-6-12-10(13)7-11(9)17-12/h6-7H,3-5,8H2,1-2H3. The third-order valence-electron chi connectivity index (χ3n) is 2.52. The Bertz CT molecular complexity index is 551. The van der Waals surface area contributed by atoms with Crippen LogP contribution in [-0.4, -0.2) is 13.2 Å². The maximum Gasteiger partial charge on any atom is 0.335 e. The Labute approximate surface area is 115 Å². The monoisotopic (exact) mass is 334 g/mol. The summed E-state index contributed by atoms with van der Waals surface area (Å²) in [7, 11) is -3.06. The summed E-state index contributed by atoms with van der Waals surface area (Å²) in [6.45, 7) is 4.60. The van der Waals surface area contributed by atoms with Gasteiger partial charge in [-0.1, -0.05) is 6.92 Å². The van der Waals surface area contributed by atoms with Crippen molar-refractivity contribution in [3.05, 3.63) is 22.2 Å². The van der Waals surface area contributed by atoms with E-state index in [1.165, 1.54) is 0 Å². The van der Waals surface area contributed by atoms with Crippen LogP contribution >= 0.6 is 23.5 Å². The Balaban J connectivity index is 2.15. The summed E-state index contributed by atoms with van der Waals surface area (Å²) in [5.74, 6) is 0. The lowest BCUT2D eigenvalue weighted by molar-refractivity contribution is 0.211. The van der Waals surface area contributed by atoms with Gasteiger partial charge in [-0.15, -0.1) is 0 Å². The molecule has 0 amide bonds. The molecule has 100 valence electrons. The quantitative estimate of drug-likeness (QED) is 0.683. The van der Waals surface area contributed by atoms with Crippen LogP contribution in [0.25, 0.3) is 11.2 Å². The largest absolute Gasteiger partial charge is 0.456 e. The first kappa shape index (κ1) is 14.1. The number of hydrogen-bond acceptors (Lipinski definition) is 4. The van der Waals surface area contributed by atoms with Crippen molar-refractivity contribution in [1.29, 1.82) is 0 Å². The summed E-state index contributed by atoms with van der Waals surface area (Å²) in [5.41, 5.74) is 2.37. The molecule has 0 N–H and O–H groups in total. The summed E-state index contributed by atoms with van der Waals surface area (Å²) >= 11 is 3.38. The average molecular weight is 335 g/mol. The van der Waals surface area contributed by atoms with Gasteiger partial charge >= 0.3 is 7.60 Å². The minimum absolute atomic E-state index is 0.260. The minimum Gasteiger partial charge on any atom is -0.456 e. The molecule has 6 heteroatoms. The fourth-order valence-electron chi connectivity index (χ4n) is 1.76. The highest BCUT2D eigenvalue weighted by atomic mass is 79.9. The number of fused-ring (bicyclic) bond motifs is 2. The van der Waals surface area contributed by atoms with Gasteiger partial charge in [-0.05, 0) is 41.4 Å². The molecular formula is C12H16BrO4P. The lowest BCUT2D eigenvalue weighted by atomic mass is 10.2. The van der Waals surface area contributed by atoms with E-state index in [-0.39, 0.29) is 6.16 Å². The summed E-state index contributed by atoms with van der Waals surface area (Å²) in [5, 5.41) is 0. The zero-order chi connectivity index (χ0) is 13.2. The molecule has 0 fully saturated rings. The molecule has 1 unspecified atom stereocenters. The molecule has 0 radical (unpaired) electrons. The zero-order valence-electron chi connectivity index (χ0n) is 10.4. The number of furan rings is 2. The minimum atomic E-state index is -3.06. The van der Waals surface area contributed by atoms with Crippen LogP contribution in [-0.2, 0) is 19.8 Å². The molecule has 2 rings (SSSR count). The molecule has 0 spiro atoms. The van der Waals surface area contributed by atoms with Crippen LogP contribution in [0.1, 0.15) is 25.8 Å². The Morgan fingerprint density at radius 1 is 1.28 bits per heavy atom. The van der Waals surface area contributed by atoms with Gasteiger partial charge in [0.2, 0.25) is 0 Å². The second-order valence-electron chi connectivity index (χ2n) is 4.01. The smallest absolute Gasteiger partial charge is 0.335 e. The van der Waals surface area contributed by atoms with Crippen molar-refractivity contribution in [1.82, 2.24) is 0 Å². The van der Waals surface area contributed by atoms with E-state index in [9.17, 15) is 4.57 Å². The van der Waals surface area contributed by atoms with Crippen molar-refractivity contribution >= 4 is 34.7 Å². The van der Waals surface area contributed by atoms with Crippen molar-refractivity contribution in [2.75, 3.05) is 13.2 Å². The van der Waals surface area contributed by atoms with Crippen molar-refractivity contribution in [3.8, 4) is 0 Å². The summed E-state index contributed by atoms with van der Waals surface area (Å²) < 4.78 is 29.6. The van der Waals surface area contributed by atoms with Crippen molar-refractivity contribution in [2.45, 2.75) is 26.4 Å². The highest BCUT2D eigenvalue weighted by Crippen LogP contribution is 2.53. The number of halogens is 1. The van der Waals surface area contributed by atoms with Crippen LogP contribution in [0, 0.1) is 0 Å². The summed E-state index contributed by atoms with van der Waals surface area (Å²) in [6.07, 6.45) is 1.07. The van der Waals surface area contributed by atoms with Gasteiger partial charge in [0, 0.05) is 5.56 Å². The first-order valence-electron chi connectivity index (χ1n) is 5.96. The molecule has 4 nitrogen and oxygen atoms in total. The van der Waals surface area contributed by atoms with Gasteiger partial charge in [0.15, 0.2) is 0 Å². The van der Waals surface area contributed by atoms with Crippen LogP contribution in [0.5, 0.6) is 0 Å². The molecule has 2 heterocycles. The van der Waals surface area contributed by atoms with E-state index >= 15 is 0 Å². The molecule has 0 aliphatic carbocycles. The van der Waals surface area contributed by atoms with Gasteiger partial charge in [0.25, 0.3) is 0 Å². The van der Waals surface area contributed by atoms with E-state index < -0.39 is 7.60 Å². The van der Waals surface area contributed by atoms with Crippen molar-refractivity contribution in [3.63, 3.8) is 0 Å². The van der Waals surface area contributed by atoms with Gasteiger partial charge in [-0.25, -0.2) is 0 Å². The van der Waals surface area contributed by atoms with E-state index in [1.54, 1.807) is 0 Å². The zero-order valence-corrected chi connectivity index (χ0v) is 12.9. The van der Waals surface area contributed by atoms with E-state index in [2.05, 4.69) is 15.9 Å². The third-order valence-corrected chi connectivity index (χ3v) is 5.09. The van der Waals surface area contributed by atoms with Crippen molar-refractivity contribution in [2.24, 2.45) is 0 Å². The fraction of sp³-hybridized carbons (Fsp3) is 0.500. The topological polar surface area (TPSA) is 48.7 Å². The van der Waals surface area contributed by atoms with Gasteiger partial charge in [0.05, 0.1) is 23.8 Å². The lowest BCUT2D eigenvalue weighted by Gasteiger charge is -2.16. The molecule has 0 aliphatic heterocycles. The second kappa shape index (κ2) is 5.74. The highest BCUT2D eigenvalue weighted by Gasteiger charge is 2.27. The Kier molecular flexibility index (Phi) is 4.49. The SMILES string of the molecule is CCCOP(=O)(Cc1cc2oc1cc2Br)OCC. The molecular weight excluding hydrogens is 319 g/mol. The molecule has 1 atom stereocenters. The molecule has 2 aromatic rings. The average Bonchev–Trinajstić information content (AvgIpc) is 2.85. The summed E-state index contributed by atoms with van der Waals surface area (Å²) in [4.78, 5) is 0. The Morgan fingerprint density at radius 3 is 2.56 bits per heavy atom. The lowest BCUT2D eigenvalue weighted by Crippen LogP contribution is -2.00. The van der Waals surface area contributed by atoms with Crippen LogP contribution in [0.15, 0.2) is 21.0 Å². The third kappa shape index (κ3) is 2.97. The summed E-state index contributed by atoms with van der Waals surface area (Å²) in [6, 6.07) is 3.75. The Hall–Kier alpha value is -0.350. The van der Waals surface area contributed by atoms with Gasteiger partial charge in [0.1, 0.15) is 11.2 Å². The van der Waals surface area contributed by atoms with Gasteiger partial charge in [-0.2, -0.15) is 0 Å². The second-order valence-corrected chi connectivity index (χ2v) is 6.92. The van der Waals surface area contributed by atoms with Crippen LogP contribution in [0.2, 0.25) is 0 Å². The molecule has 0 saturated heterocycles. The van der Waals surface area contributed by atoms with Crippen LogP contribution in [0.4, 0.5) is 0 Å². The maximum atomic E-state index is 12.5. The van der Waals surface area contributed by atoms with E-state index in [0.29, 0.717) is 13.2 Å². The van der Waals surface area contributed by atoms with Crippen molar-refractivity contribution < 1.29 is 18.0 Å². The molecule has 2 aromatic heterocycles.